The van der Waals surface area contributed by atoms with Gasteiger partial charge in [-0.05, 0) is 12.5 Å². The number of amides is 2. The van der Waals surface area contributed by atoms with Crippen molar-refractivity contribution < 1.29 is 9.59 Å². The molecule has 4 heteroatoms. The topological polar surface area (TPSA) is 40.6 Å². The van der Waals surface area contributed by atoms with Gasteiger partial charge >= 0.3 is 0 Å². The number of rotatable bonds is 0. The highest BCUT2D eigenvalue weighted by Crippen LogP contribution is 2.46. The standard InChI is InChI=1S/C13H14N2O2/c1-14-8-7-13(11(14)16)9-5-3-4-6-10(9)15(2)12(13)17/h3-6H,7-8H2,1-2H3. The molecule has 1 saturated heterocycles. The zero-order valence-corrected chi connectivity index (χ0v) is 9.93. The van der Waals surface area contributed by atoms with Crippen molar-refractivity contribution in [1.29, 1.82) is 0 Å². The van der Waals surface area contributed by atoms with Crippen LogP contribution in [0, 0.1) is 0 Å². The van der Waals surface area contributed by atoms with Gasteiger partial charge < -0.3 is 9.80 Å². The molecule has 1 fully saturated rings. The number of para-hydroxylation sites is 1. The molecule has 1 aromatic carbocycles. The second-order valence-electron chi connectivity index (χ2n) is 4.76. The predicted molar refractivity (Wildman–Crippen MR) is 63.8 cm³/mol. The number of likely N-dealkylation sites (tertiary alicyclic amines) is 1. The largest absolute Gasteiger partial charge is 0.344 e. The molecule has 0 N–H and O–H groups in total. The molecule has 0 saturated carbocycles. The third-order valence-electron chi connectivity index (χ3n) is 3.93. The summed E-state index contributed by atoms with van der Waals surface area (Å²) in [7, 11) is 3.49. The van der Waals surface area contributed by atoms with Gasteiger partial charge in [0.25, 0.3) is 0 Å². The van der Waals surface area contributed by atoms with Gasteiger partial charge in [0.05, 0.1) is 0 Å². The van der Waals surface area contributed by atoms with Crippen LogP contribution in [0.4, 0.5) is 5.69 Å². The van der Waals surface area contributed by atoms with Crippen LogP contribution in [0.15, 0.2) is 24.3 Å². The Hall–Kier alpha value is -1.84. The van der Waals surface area contributed by atoms with E-state index in [1.165, 1.54) is 0 Å². The fourth-order valence-electron chi connectivity index (χ4n) is 2.96. The van der Waals surface area contributed by atoms with Gasteiger partial charge in [0.2, 0.25) is 11.8 Å². The van der Waals surface area contributed by atoms with Crippen molar-refractivity contribution in [2.24, 2.45) is 0 Å². The minimum atomic E-state index is -0.944. The molecule has 2 amide bonds. The molecule has 1 aromatic rings. The number of nitrogens with zero attached hydrogens (tertiary/aromatic N) is 2. The van der Waals surface area contributed by atoms with Crippen LogP contribution in [0.2, 0.25) is 0 Å². The molecule has 3 rings (SSSR count). The van der Waals surface area contributed by atoms with E-state index >= 15 is 0 Å². The third-order valence-corrected chi connectivity index (χ3v) is 3.93. The van der Waals surface area contributed by atoms with E-state index in [4.69, 9.17) is 0 Å². The summed E-state index contributed by atoms with van der Waals surface area (Å²) in [6, 6.07) is 7.57. The lowest BCUT2D eigenvalue weighted by Gasteiger charge is -2.20. The number of benzene rings is 1. The minimum absolute atomic E-state index is 0.0701. The van der Waals surface area contributed by atoms with Gasteiger partial charge in [-0.15, -0.1) is 0 Å². The number of hydrogen-bond donors (Lipinski definition) is 0. The second-order valence-corrected chi connectivity index (χ2v) is 4.76. The van der Waals surface area contributed by atoms with Crippen LogP contribution in [-0.2, 0) is 15.0 Å². The number of carbonyl (C=O) groups excluding carboxylic acids is 2. The number of fused-ring (bicyclic) bond motifs is 2. The van der Waals surface area contributed by atoms with Crippen LogP contribution in [0.5, 0.6) is 0 Å². The van der Waals surface area contributed by atoms with Gasteiger partial charge in [0.15, 0.2) is 5.41 Å². The van der Waals surface area contributed by atoms with Crippen molar-refractivity contribution in [2.45, 2.75) is 11.8 Å². The molecule has 4 nitrogen and oxygen atoms in total. The molecule has 1 unspecified atom stereocenters. The van der Waals surface area contributed by atoms with Crippen molar-refractivity contribution >= 4 is 17.5 Å². The Morgan fingerprint density at radius 2 is 1.82 bits per heavy atom. The summed E-state index contributed by atoms with van der Waals surface area (Å²) >= 11 is 0. The second kappa shape index (κ2) is 3.09. The fraction of sp³-hybridized carbons (Fsp3) is 0.385. The van der Waals surface area contributed by atoms with Gasteiger partial charge in [-0.3, -0.25) is 9.59 Å². The van der Waals surface area contributed by atoms with Gasteiger partial charge in [0, 0.05) is 31.9 Å². The summed E-state index contributed by atoms with van der Waals surface area (Å²) in [5.41, 5.74) is 0.781. The first-order valence-electron chi connectivity index (χ1n) is 5.72. The molecule has 2 aliphatic rings. The summed E-state index contributed by atoms with van der Waals surface area (Å²) < 4.78 is 0. The molecule has 0 aliphatic carbocycles. The number of anilines is 1. The lowest BCUT2D eigenvalue weighted by molar-refractivity contribution is -0.137. The van der Waals surface area contributed by atoms with Crippen LogP contribution < -0.4 is 4.90 Å². The number of carbonyl (C=O) groups is 2. The van der Waals surface area contributed by atoms with E-state index in [0.29, 0.717) is 13.0 Å². The molecular formula is C13H14N2O2. The lowest BCUT2D eigenvalue weighted by Crippen LogP contribution is -2.44. The summed E-state index contributed by atoms with van der Waals surface area (Å²) in [6.45, 7) is 0.646. The van der Waals surface area contributed by atoms with Crippen molar-refractivity contribution in [3.63, 3.8) is 0 Å². The van der Waals surface area contributed by atoms with Crippen LogP contribution in [0.3, 0.4) is 0 Å². The van der Waals surface area contributed by atoms with E-state index in [-0.39, 0.29) is 11.8 Å². The maximum Gasteiger partial charge on any atom is 0.247 e. The molecule has 88 valence electrons. The number of likely N-dealkylation sites (N-methyl/N-ethyl adjacent to an activating group) is 2. The van der Waals surface area contributed by atoms with Gasteiger partial charge in [0.1, 0.15) is 0 Å². The molecule has 1 spiro atoms. The Morgan fingerprint density at radius 3 is 2.47 bits per heavy atom. The SMILES string of the molecule is CN1CCC2(C1=O)C(=O)N(C)c1ccccc12. The van der Waals surface area contributed by atoms with E-state index in [1.54, 1.807) is 23.9 Å². The zero-order chi connectivity index (χ0) is 12.2. The molecule has 1 atom stereocenters. The first-order valence-corrected chi connectivity index (χ1v) is 5.72. The highest BCUT2D eigenvalue weighted by atomic mass is 16.2. The summed E-state index contributed by atoms with van der Waals surface area (Å²) in [5.74, 6) is -0.160. The van der Waals surface area contributed by atoms with Gasteiger partial charge in [-0.1, -0.05) is 18.2 Å². The van der Waals surface area contributed by atoms with Gasteiger partial charge in [-0.2, -0.15) is 0 Å². The van der Waals surface area contributed by atoms with Crippen molar-refractivity contribution in [3.8, 4) is 0 Å². The van der Waals surface area contributed by atoms with E-state index in [1.807, 2.05) is 24.3 Å². The third kappa shape index (κ3) is 1.03. The molecular weight excluding hydrogens is 216 g/mol. The Bertz CT molecular complexity index is 526. The maximum absolute atomic E-state index is 12.4. The highest BCUT2D eigenvalue weighted by Gasteiger charge is 2.58. The first-order chi connectivity index (χ1) is 8.09. The van der Waals surface area contributed by atoms with Crippen LogP contribution in [0.1, 0.15) is 12.0 Å². The quantitative estimate of drug-likeness (QED) is 0.617. The average Bonchev–Trinajstić information content (AvgIpc) is 2.76. The van der Waals surface area contributed by atoms with Crippen LogP contribution in [-0.4, -0.2) is 37.4 Å². The normalized spacial score (nSPS) is 27.2. The summed E-state index contributed by atoms with van der Waals surface area (Å²) in [6.07, 6.45) is 0.586. The zero-order valence-electron chi connectivity index (χ0n) is 9.93. The van der Waals surface area contributed by atoms with Crippen molar-refractivity contribution in [2.75, 3.05) is 25.5 Å². The van der Waals surface area contributed by atoms with Gasteiger partial charge in [-0.25, -0.2) is 0 Å². The molecule has 17 heavy (non-hydrogen) atoms. The van der Waals surface area contributed by atoms with E-state index < -0.39 is 5.41 Å². The summed E-state index contributed by atoms with van der Waals surface area (Å²) in [5, 5.41) is 0. The monoisotopic (exact) mass is 230 g/mol. The van der Waals surface area contributed by atoms with Crippen LogP contribution >= 0.6 is 0 Å². The average molecular weight is 230 g/mol. The Morgan fingerprint density at radius 1 is 1.12 bits per heavy atom. The maximum atomic E-state index is 12.4. The molecule has 0 radical (unpaired) electrons. The first kappa shape index (κ1) is 10.3. The molecule has 0 bridgehead atoms. The Kier molecular flexibility index (Phi) is 1.88. The minimum Gasteiger partial charge on any atom is -0.344 e. The number of hydrogen-bond acceptors (Lipinski definition) is 2. The van der Waals surface area contributed by atoms with E-state index in [0.717, 1.165) is 11.3 Å². The van der Waals surface area contributed by atoms with E-state index in [9.17, 15) is 9.59 Å². The molecule has 2 heterocycles. The predicted octanol–water partition coefficient (Wildman–Crippen LogP) is 0.763. The van der Waals surface area contributed by atoms with Crippen molar-refractivity contribution in [1.82, 2.24) is 4.90 Å². The van der Waals surface area contributed by atoms with Crippen molar-refractivity contribution in [3.05, 3.63) is 29.8 Å². The smallest absolute Gasteiger partial charge is 0.247 e. The van der Waals surface area contributed by atoms with E-state index in [2.05, 4.69) is 0 Å². The molecule has 2 aliphatic heterocycles. The Balaban J connectivity index is 2.26. The summed E-state index contributed by atoms with van der Waals surface area (Å²) in [4.78, 5) is 28.0. The van der Waals surface area contributed by atoms with Crippen LogP contribution in [0.25, 0.3) is 0 Å². The highest BCUT2D eigenvalue weighted by molar-refractivity contribution is 6.22. The fourth-order valence-corrected chi connectivity index (χ4v) is 2.96. The lowest BCUT2D eigenvalue weighted by atomic mass is 9.80. The molecule has 0 aromatic heterocycles. The Labute approximate surface area is 99.8 Å².